The van der Waals surface area contributed by atoms with Crippen molar-refractivity contribution in [3.8, 4) is 11.5 Å². The van der Waals surface area contributed by atoms with Crippen LogP contribution in [-0.4, -0.2) is 44.7 Å². The Bertz CT molecular complexity index is 1720. The molecule has 1 aliphatic heterocycles. The van der Waals surface area contributed by atoms with Crippen LogP contribution in [0.4, 0.5) is 10.1 Å². The van der Waals surface area contributed by atoms with Gasteiger partial charge >= 0.3 is 0 Å². The summed E-state index contributed by atoms with van der Waals surface area (Å²) in [5.41, 5.74) is 1.94. The number of nitrogens with one attached hydrogen (secondary N) is 2. The van der Waals surface area contributed by atoms with Gasteiger partial charge in [-0.15, -0.1) is 0 Å². The molecule has 49 heavy (non-hydrogen) atoms. The Balaban J connectivity index is 1.42. The van der Waals surface area contributed by atoms with E-state index in [4.69, 9.17) is 30.2 Å². The number of ether oxygens (including phenoxy) is 3. The zero-order valence-corrected chi connectivity index (χ0v) is 29.0. The van der Waals surface area contributed by atoms with Crippen molar-refractivity contribution in [1.82, 2.24) is 10.6 Å². The Morgan fingerprint density at radius 3 is 2.57 bits per heavy atom. The van der Waals surface area contributed by atoms with Crippen LogP contribution < -0.4 is 25.0 Å². The molecule has 2 N–H and O–H groups in total. The van der Waals surface area contributed by atoms with Gasteiger partial charge in [-0.2, -0.15) is 0 Å². The zero-order chi connectivity index (χ0) is 35.0. The average Bonchev–Trinajstić information content (AvgIpc) is 3.56. The third-order valence-electron chi connectivity index (χ3n) is 7.97. The molecule has 260 valence electrons. The highest BCUT2D eigenvalue weighted by molar-refractivity contribution is 6.30. The summed E-state index contributed by atoms with van der Waals surface area (Å²) in [5.74, 6) is 0.577. The van der Waals surface area contributed by atoms with E-state index in [1.54, 1.807) is 54.7 Å². The fourth-order valence-corrected chi connectivity index (χ4v) is 5.92. The Morgan fingerprint density at radius 2 is 1.84 bits per heavy atom. The van der Waals surface area contributed by atoms with E-state index in [1.165, 1.54) is 6.07 Å². The molecule has 4 aromatic rings. The zero-order valence-electron chi connectivity index (χ0n) is 28.3. The standard InChI is InChI=1S/C38H43ClFN3O6/c1-38(2,3)24-43-31-16-15-26(39)20-29(31)35(49-33(37(43)45)21-34(44)42-22-25-10-5-6-13-30(25)40)28-12-7-14-32(36(28)46-4)48-19-9-17-41-23-27-11-8-18-47-27/h5-8,10-16,18,20,33,35,41H,9,17,19,21-24H2,1-4H3,(H,42,44)/t33-,35-/m0/s1. The van der Waals surface area contributed by atoms with Gasteiger partial charge in [0.1, 0.15) is 23.8 Å². The molecule has 0 radical (unpaired) electrons. The summed E-state index contributed by atoms with van der Waals surface area (Å²) in [5, 5.41) is 6.54. The summed E-state index contributed by atoms with van der Waals surface area (Å²) in [6.07, 6.45) is 0.0734. The predicted molar refractivity (Wildman–Crippen MR) is 186 cm³/mol. The number of halogens is 2. The lowest BCUT2D eigenvalue weighted by atomic mass is 9.94. The first kappa shape index (κ1) is 35.9. The molecule has 0 fully saturated rings. The number of methoxy groups -OCH3 is 1. The fraction of sp³-hybridized carbons (Fsp3) is 0.368. The first-order valence-corrected chi connectivity index (χ1v) is 16.7. The monoisotopic (exact) mass is 691 g/mol. The second-order valence-corrected chi connectivity index (χ2v) is 13.5. The van der Waals surface area contributed by atoms with Crippen LogP contribution in [0.1, 0.15) is 62.2 Å². The number of anilines is 1. The smallest absolute Gasteiger partial charge is 0.256 e. The molecule has 2 amide bonds. The largest absolute Gasteiger partial charge is 0.492 e. The van der Waals surface area contributed by atoms with Gasteiger partial charge in [0.15, 0.2) is 11.5 Å². The summed E-state index contributed by atoms with van der Waals surface area (Å²) >= 11 is 6.56. The molecule has 0 spiro atoms. The lowest BCUT2D eigenvalue weighted by Gasteiger charge is -2.31. The highest BCUT2D eigenvalue weighted by atomic mass is 35.5. The molecule has 0 bridgehead atoms. The van der Waals surface area contributed by atoms with Crippen molar-refractivity contribution in [2.75, 3.05) is 31.7 Å². The lowest BCUT2D eigenvalue weighted by molar-refractivity contribution is -0.138. The molecule has 1 aliphatic rings. The van der Waals surface area contributed by atoms with Gasteiger partial charge in [-0.05, 0) is 60.8 Å². The highest BCUT2D eigenvalue weighted by Gasteiger charge is 2.40. The number of nitrogens with zero attached hydrogens (tertiary/aromatic N) is 1. The minimum atomic E-state index is -1.17. The van der Waals surface area contributed by atoms with Crippen LogP contribution in [0.15, 0.2) is 83.5 Å². The summed E-state index contributed by atoms with van der Waals surface area (Å²) < 4.78 is 38.3. The van der Waals surface area contributed by atoms with Crippen molar-refractivity contribution < 1.29 is 32.6 Å². The number of amides is 2. The molecule has 0 saturated carbocycles. The van der Waals surface area contributed by atoms with Gasteiger partial charge in [-0.1, -0.05) is 62.7 Å². The van der Waals surface area contributed by atoms with Crippen LogP contribution in [0.3, 0.4) is 0 Å². The van der Waals surface area contributed by atoms with Gasteiger partial charge in [-0.25, -0.2) is 4.39 Å². The van der Waals surface area contributed by atoms with E-state index >= 15 is 0 Å². The molecule has 9 nitrogen and oxygen atoms in total. The van der Waals surface area contributed by atoms with Crippen LogP contribution in [0, 0.1) is 11.2 Å². The van der Waals surface area contributed by atoms with Crippen LogP contribution in [-0.2, 0) is 27.4 Å². The Hall–Kier alpha value is -4.38. The van der Waals surface area contributed by atoms with Crippen LogP contribution in [0.5, 0.6) is 11.5 Å². The molecule has 11 heteroatoms. The number of rotatable bonds is 14. The van der Waals surface area contributed by atoms with Crippen LogP contribution in [0.25, 0.3) is 0 Å². The molecule has 3 aromatic carbocycles. The maximum absolute atomic E-state index is 14.3. The van der Waals surface area contributed by atoms with Crippen LogP contribution in [0.2, 0.25) is 5.02 Å². The third kappa shape index (κ3) is 9.41. The van der Waals surface area contributed by atoms with Gasteiger partial charge in [0, 0.05) is 40.5 Å². The molecule has 2 heterocycles. The fourth-order valence-electron chi connectivity index (χ4n) is 5.73. The van der Waals surface area contributed by atoms with Crippen molar-refractivity contribution in [3.05, 3.63) is 112 Å². The number of carbonyl (C=O) groups excluding carboxylic acids is 2. The molecule has 1 aromatic heterocycles. The van der Waals surface area contributed by atoms with E-state index in [0.29, 0.717) is 65.1 Å². The van der Waals surface area contributed by atoms with Crippen LogP contribution >= 0.6 is 11.6 Å². The topological polar surface area (TPSA) is 102 Å². The SMILES string of the molecule is COc1c(OCCCNCc2ccco2)cccc1[C@@H]1O[C@@H](CC(=O)NCc2ccccc2F)C(=O)N(CC(C)(C)C)c2ccc(Cl)cc21. The molecule has 2 atom stereocenters. The second-order valence-electron chi connectivity index (χ2n) is 13.1. The number of para-hydroxylation sites is 1. The normalized spacial score (nSPS) is 16.2. The number of hydrogen-bond donors (Lipinski definition) is 2. The number of fused-ring (bicyclic) bond motifs is 1. The quantitative estimate of drug-likeness (QED) is 0.135. The van der Waals surface area contributed by atoms with E-state index in [1.807, 2.05) is 51.1 Å². The van der Waals surface area contributed by atoms with Gasteiger partial charge in [-0.3, -0.25) is 9.59 Å². The summed E-state index contributed by atoms with van der Waals surface area (Å²) in [4.78, 5) is 29.3. The molecule has 0 unspecified atom stereocenters. The summed E-state index contributed by atoms with van der Waals surface area (Å²) in [6.45, 7) is 8.19. The van der Waals surface area contributed by atoms with E-state index in [0.717, 1.165) is 12.2 Å². The van der Waals surface area contributed by atoms with Gasteiger partial charge < -0.3 is 34.2 Å². The van der Waals surface area contributed by atoms with Crippen molar-refractivity contribution in [2.24, 2.45) is 5.41 Å². The lowest BCUT2D eigenvalue weighted by Crippen LogP contribution is -2.45. The minimum Gasteiger partial charge on any atom is -0.492 e. The average molecular weight is 692 g/mol. The van der Waals surface area contributed by atoms with Crippen molar-refractivity contribution >= 4 is 29.1 Å². The van der Waals surface area contributed by atoms with Gasteiger partial charge in [0.2, 0.25) is 5.91 Å². The highest BCUT2D eigenvalue weighted by Crippen LogP contribution is 2.45. The summed E-state index contributed by atoms with van der Waals surface area (Å²) in [6, 6.07) is 20.8. The van der Waals surface area contributed by atoms with Crippen molar-refractivity contribution in [1.29, 1.82) is 0 Å². The molecular formula is C38H43ClFN3O6. The Kier molecular flexibility index (Phi) is 12.0. The number of benzene rings is 3. The third-order valence-corrected chi connectivity index (χ3v) is 8.21. The molecule has 0 aliphatic carbocycles. The first-order chi connectivity index (χ1) is 23.5. The van der Waals surface area contributed by atoms with E-state index in [9.17, 15) is 14.0 Å². The minimum absolute atomic E-state index is 0.0248. The maximum atomic E-state index is 14.3. The second kappa shape index (κ2) is 16.3. The molecule has 0 saturated heterocycles. The molecular weight excluding hydrogens is 649 g/mol. The van der Waals surface area contributed by atoms with E-state index < -0.39 is 23.9 Å². The van der Waals surface area contributed by atoms with E-state index in [2.05, 4.69) is 10.6 Å². The number of furan rings is 1. The molecule has 5 rings (SSSR count). The summed E-state index contributed by atoms with van der Waals surface area (Å²) in [7, 11) is 1.55. The predicted octanol–water partition coefficient (Wildman–Crippen LogP) is 7.21. The van der Waals surface area contributed by atoms with Gasteiger partial charge in [0.05, 0.1) is 32.9 Å². The van der Waals surface area contributed by atoms with E-state index in [-0.39, 0.29) is 24.3 Å². The number of hydrogen-bond acceptors (Lipinski definition) is 7. The van der Waals surface area contributed by atoms with Crippen molar-refractivity contribution in [3.63, 3.8) is 0 Å². The number of carbonyl (C=O) groups is 2. The van der Waals surface area contributed by atoms with Crippen molar-refractivity contribution in [2.45, 2.75) is 58.9 Å². The Labute approximate surface area is 291 Å². The van der Waals surface area contributed by atoms with Gasteiger partial charge in [0.25, 0.3) is 5.91 Å². The maximum Gasteiger partial charge on any atom is 0.256 e. The first-order valence-electron chi connectivity index (χ1n) is 16.3. The Morgan fingerprint density at radius 1 is 1.02 bits per heavy atom.